The standard InChI is InChI=1S/C13H24N2O2/c1-2-15(12-5-6-12)13(16)9-14-8-11-4-3-7-17-10-11/h11-12,14H,2-10H2,1H3. The number of nitrogens with zero attached hydrogens (tertiary/aromatic N) is 1. The first-order chi connectivity index (χ1) is 8.31. The topological polar surface area (TPSA) is 41.6 Å². The first kappa shape index (κ1) is 12.8. The minimum atomic E-state index is 0.256. The maximum atomic E-state index is 11.9. The second-order valence-electron chi connectivity index (χ2n) is 5.12. The van der Waals surface area contributed by atoms with Crippen molar-refractivity contribution in [2.45, 2.75) is 38.6 Å². The number of carbonyl (C=O) groups excluding carboxylic acids is 1. The Bertz CT molecular complexity index is 248. The number of nitrogens with one attached hydrogen (secondary N) is 1. The monoisotopic (exact) mass is 240 g/mol. The Morgan fingerprint density at radius 1 is 1.41 bits per heavy atom. The summed E-state index contributed by atoms with van der Waals surface area (Å²) in [4.78, 5) is 13.9. The quantitative estimate of drug-likeness (QED) is 0.753. The second kappa shape index (κ2) is 6.36. The van der Waals surface area contributed by atoms with Gasteiger partial charge in [0.25, 0.3) is 0 Å². The van der Waals surface area contributed by atoms with Gasteiger partial charge >= 0.3 is 0 Å². The van der Waals surface area contributed by atoms with E-state index in [2.05, 4.69) is 12.2 Å². The summed E-state index contributed by atoms with van der Waals surface area (Å²) in [6.07, 6.45) is 4.76. The lowest BCUT2D eigenvalue weighted by Gasteiger charge is -2.24. The van der Waals surface area contributed by atoms with E-state index in [-0.39, 0.29) is 5.91 Å². The number of rotatable bonds is 6. The van der Waals surface area contributed by atoms with Crippen LogP contribution in [0.3, 0.4) is 0 Å². The molecule has 1 heterocycles. The molecule has 4 heteroatoms. The van der Waals surface area contributed by atoms with Gasteiger partial charge in [-0.15, -0.1) is 0 Å². The highest BCUT2D eigenvalue weighted by Crippen LogP contribution is 2.26. The number of hydrogen-bond donors (Lipinski definition) is 1. The molecule has 1 amide bonds. The molecule has 2 aliphatic rings. The fourth-order valence-electron chi connectivity index (χ4n) is 2.48. The molecule has 17 heavy (non-hydrogen) atoms. The number of hydrogen-bond acceptors (Lipinski definition) is 3. The van der Waals surface area contributed by atoms with E-state index in [0.29, 0.717) is 18.5 Å². The lowest BCUT2D eigenvalue weighted by Crippen LogP contribution is -2.41. The zero-order valence-electron chi connectivity index (χ0n) is 10.8. The van der Waals surface area contributed by atoms with Crippen LogP contribution in [-0.2, 0) is 9.53 Å². The molecule has 0 spiro atoms. The summed E-state index contributed by atoms with van der Waals surface area (Å²) in [5.74, 6) is 0.847. The van der Waals surface area contributed by atoms with E-state index in [0.717, 1.165) is 32.7 Å². The summed E-state index contributed by atoms with van der Waals surface area (Å²) in [6, 6.07) is 0.535. The predicted molar refractivity (Wildman–Crippen MR) is 66.8 cm³/mol. The van der Waals surface area contributed by atoms with Crippen LogP contribution >= 0.6 is 0 Å². The second-order valence-corrected chi connectivity index (χ2v) is 5.12. The third kappa shape index (κ3) is 3.96. The molecule has 1 unspecified atom stereocenters. The zero-order chi connectivity index (χ0) is 12.1. The third-order valence-corrected chi connectivity index (χ3v) is 3.61. The van der Waals surface area contributed by atoms with Gasteiger partial charge < -0.3 is 15.0 Å². The average molecular weight is 240 g/mol. The summed E-state index contributed by atoms with van der Waals surface area (Å²) in [7, 11) is 0. The van der Waals surface area contributed by atoms with Crippen LogP contribution in [0.2, 0.25) is 0 Å². The normalized spacial score (nSPS) is 24.6. The summed E-state index contributed by atoms with van der Waals surface area (Å²) in [6.45, 7) is 6.06. The Morgan fingerprint density at radius 2 is 2.24 bits per heavy atom. The maximum Gasteiger partial charge on any atom is 0.236 e. The van der Waals surface area contributed by atoms with Crippen molar-refractivity contribution in [1.82, 2.24) is 10.2 Å². The molecule has 4 nitrogen and oxygen atoms in total. The van der Waals surface area contributed by atoms with Crippen molar-refractivity contribution < 1.29 is 9.53 Å². The van der Waals surface area contributed by atoms with E-state index < -0.39 is 0 Å². The van der Waals surface area contributed by atoms with Gasteiger partial charge in [0.2, 0.25) is 5.91 Å². The van der Waals surface area contributed by atoms with Gasteiger partial charge in [-0.2, -0.15) is 0 Å². The van der Waals surface area contributed by atoms with E-state index in [1.807, 2.05) is 4.90 Å². The lowest BCUT2D eigenvalue weighted by atomic mass is 10.0. The highest BCUT2D eigenvalue weighted by Gasteiger charge is 2.30. The summed E-state index contributed by atoms with van der Waals surface area (Å²) in [5.41, 5.74) is 0. The van der Waals surface area contributed by atoms with Crippen molar-refractivity contribution in [2.75, 3.05) is 32.8 Å². The van der Waals surface area contributed by atoms with Crippen LogP contribution in [-0.4, -0.2) is 49.7 Å². The molecule has 1 atom stereocenters. The van der Waals surface area contributed by atoms with Gasteiger partial charge in [-0.3, -0.25) is 4.79 Å². The Balaban J connectivity index is 1.61. The van der Waals surface area contributed by atoms with E-state index >= 15 is 0 Å². The van der Waals surface area contributed by atoms with Gasteiger partial charge in [0.05, 0.1) is 13.2 Å². The maximum absolute atomic E-state index is 11.9. The van der Waals surface area contributed by atoms with Gasteiger partial charge in [0.15, 0.2) is 0 Å². The van der Waals surface area contributed by atoms with E-state index in [4.69, 9.17) is 4.74 Å². The van der Waals surface area contributed by atoms with Crippen LogP contribution in [0.4, 0.5) is 0 Å². The van der Waals surface area contributed by atoms with Gasteiger partial charge in [0, 0.05) is 25.7 Å². The molecule has 1 saturated carbocycles. The van der Waals surface area contributed by atoms with Crippen LogP contribution in [0, 0.1) is 5.92 Å². The summed E-state index contributed by atoms with van der Waals surface area (Å²) < 4.78 is 5.42. The predicted octanol–water partition coefficient (Wildman–Crippen LogP) is 1.01. The largest absolute Gasteiger partial charge is 0.381 e. The first-order valence-corrected chi connectivity index (χ1v) is 6.89. The third-order valence-electron chi connectivity index (χ3n) is 3.61. The van der Waals surface area contributed by atoms with Crippen molar-refractivity contribution in [3.63, 3.8) is 0 Å². The number of likely N-dealkylation sites (N-methyl/N-ethyl adjacent to an activating group) is 1. The van der Waals surface area contributed by atoms with Crippen molar-refractivity contribution in [3.8, 4) is 0 Å². The van der Waals surface area contributed by atoms with Crippen LogP contribution < -0.4 is 5.32 Å². The Labute approximate surface area is 104 Å². The molecule has 1 N–H and O–H groups in total. The molecule has 1 aliphatic heterocycles. The molecule has 0 aromatic rings. The Kier molecular flexibility index (Phi) is 4.80. The highest BCUT2D eigenvalue weighted by atomic mass is 16.5. The van der Waals surface area contributed by atoms with Crippen molar-refractivity contribution in [1.29, 1.82) is 0 Å². The lowest BCUT2D eigenvalue weighted by molar-refractivity contribution is -0.130. The summed E-state index contributed by atoms with van der Waals surface area (Å²) >= 11 is 0. The Morgan fingerprint density at radius 3 is 2.82 bits per heavy atom. The zero-order valence-corrected chi connectivity index (χ0v) is 10.8. The fraction of sp³-hybridized carbons (Fsp3) is 0.923. The van der Waals surface area contributed by atoms with Gasteiger partial charge in [0.1, 0.15) is 0 Å². The van der Waals surface area contributed by atoms with Crippen LogP contribution in [0.25, 0.3) is 0 Å². The van der Waals surface area contributed by atoms with E-state index in [9.17, 15) is 4.79 Å². The minimum absolute atomic E-state index is 0.256. The smallest absolute Gasteiger partial charge is 0.236 e. The van der Waals surface area contributed by atoms with Crippen LogP contribution in [0.1, 0.15) is 32.6 Å². The fourth-order valence-corrected chi connectivity index (χ4v) is 2.48. The first-order valence-electron chi connectivity index (χ1n) is 6.89. The number of carbonyl (C=O) groups is 1. The number of ether oxygens (including phenoxy) is 1. The molecule has 1 saturated heterocycles. The molecule has 0 bridgehead atoms. The van der Waals surface area contributed by atoms with E-state index in [1.54, 1.807) is 0 Å². The van der Waals surface area contributed by atoms with Gasteiger partial charge in [-0.1, -0.05) is 0 Å². The van der Waals surface area contributed by atoms with E-state index in [1.165, 1.54) is 19.3 Å². The SMILES string of the molecule is CCN(C(=O)CNCC1CCCOC1)C1CC1. The van der Waals surface area contributed by atoms with Crippen molar-refractivity contribution >= 4 is 5.91 Å². The molecular formula is C13H24N2O2. The molecule has 0 aromatic heterocycles. The van der Waals surface area contributed by atoms with Gasteiger partial charge in [-0.25, -0.2) is 0 Å². The number of amides is 1. The van der Waals surface area contributed by atoms with Crippen LogP contribution in [0.15, 0.2) is 0 Å². The molecular weight excluding hydrogens is 216 g/mol. The highest BCUT2D eigenvalue weighted by molar-refractivity contribution is 5.78. The van der Waals surface area contributed by atoms with Crippen molar-refractivity contribution in [2.24, 2.45) is 5.92 Å². The van der Waals surface area contributed by atoms with Crippen molar-refractivity contribution in [3.05, 3.63) is 0 Å². The molecule has 98 valence electrons. The minimum Gasteiger partial charge on any atom is -0.381 e. The molecule has 1 aliphatic carbocycles. The molecule has 0 aromatic carbocycles. The summed E-state index contributed by atoms with van der Waals surface area (Å²) in [5, 5.41) is 3.28. The van der Waals surface area contributed by atoms with Crippen LogP contribution in [0.5, 0.6) is 0 Å². The molecule has 2 fully saturated rings. The molecule has 2 rings (SSSR count). The Hall–Kier alpha value is -0.610. The van der Waals surface area contributed by atoms with Gasteiger partial charge in [-0.05, 0) is 38.5 Å². The average Bonchev–Trinajstić information content (AvgIpc) is 3.16. The molecule has 0 radical (unpaired) electrons.